The third kappa shape index (κ3) is 5.42. The van der Waals surface area contributed by atoms with Gasteiger partial charge in [0.2, 0.25) is 0 Å². The first-order valence-electron chi connectivity index (χ1n) is 25.7. The lowest BCUT2D eigenvalue weighted by molar-refractivity contribution is 0.488. The first kappa shape index (κ1) is 40.7. The summed E-state index contributed by atoms with van der Waals surface area (Å²) in [6.07, 6.45) is 0.949. The molecule has 1 unspecified atom stereocenters. The van der Waals surface area contributed by atoms with Crippen molar-refractivity contribution in [2.24, 2.45) is 0 Å². The lowest BCUT2D eigenvalue weighted by Gasteiger charge is -2.36. The largest absolute Gasteiger partial charge is 0.456 e. The van der Waals surface area contributed by atoms with Crippen molar-refractivity contribution in [3.63, 3.8) is 0 Å². The van der Waals surface area contributed by atoms with Gasteiger partial charge in [-0.3, -0.25) is 0 Å². The van der Waals surface area contributed by atoms with E-state index in [4.69, 9.17) is 4.74 Å². The van der Waals surface area contributed by atoms with Gasteiger partial charge in [0.1, 0.15) is 11.5 Å². The number of ether oxygens (including phenoxy) is 1. The van der Waals surface area contributed by atoms with Crippen LogP contribution in [-0.2, 0) is 17.3 Å². The molecule has 0 aromatic heterocycles. The Morgan fingerprint density at radius 2 is 0.767 bits per heavy atom. The molecule has 73 heavy (non-hydrogen) atoms. The molecule has 11 aromatic carbocycles. The third-order valence-corrected chi connectivity index (χ3v) is 17.1. The van der Waals surface area contributed by atoms with Gasteiger partial charge in [-0.15, -0.1) is 0 Å². The van der Waals surface area contributed by atoms with Gasteiger partial charge in [0, 0.05) is 33.6 Å². The van der Waals surface area contributed by atoms with E-state index in [0.29, 0.717) is 0 Å². The molecular formula is C71H47NO. The summed E-state index contributed by atoms with van der Waals surface area (Å²) < 4.78 is 6.85. The molecule has 2 nitrogen and oxygen atoms in total. The number of para-hydroxylation sites is 1. The van der Waals surface area contributed by atoms with E-state index < -0.39 is 5.41 Å². The highest BCUT2D eigenvalue weighted by atomic mass is 16.5. The average molecular weight is 930 g/mol. The normalized spacial score (nSPS) is 15.8. The average Bonchev–Trinajstić information content (AvgIpc) is 3.98. The first-order valence-corrected chi connectivity index (χ1v) is 25.7. The number of benzene rings is 11. The van der Waals surface area contributed by atoms with Crippen LogP contribution in [0.15, 0.2) is 237 Å². The van der Waals surface area contributed by atoms with Crippen molar-refractivity contribution in [1.29, 1.82) is 0 Å². The predicted molar refractivity (Wildman–Crippen MR) is 300 cm³/mol. The van der Waals surface area contributed by atoms with Gasteiger partial charge in [-0.25, -0.2) is 0 Å². The maximum absolute atomic E-state index is 6.85. The molecule has 1 aliphatic heterocycles. The molecule has 1 spiro atoms. The fourth-order valence-corrected chi connectivity index (χ4v) is 14.0. The molecule has 0 saturated heterocycles. The molecular weight excluding hydrogens is 883 g/mol. The number of anilines is 3. The van der Waals surface area contributed by atoms with E-state index in [1.165, 1.54) is 100 Å². The van der Waals surface area contributed by atoms with Crippen molar-refractivity contribution >= 4 is 17.1 Å². The van der Waals surface area contributed by atoms with Gasteiger partial charge in [0.15, 0.2) is 0 Å². The quantitative estimate of drug-likeness (QED) is 0.175. The van der Waals surface area contributed by atoms with Crippen LogP contribution in [0.25, 0.3) is 77.9 Å². The van der Waals surface area contributed by atoms with Gasteiger partial charge in [0.05, 0.1) is 5.41 Å². The summed E-state index contributed by atoms with van der Waals surface area (Å²) in [5.74, 6) is 1.71. The van der Waals surface area contributed by atoms with E-state index >= 15 is 0 Å². The lowest BCUT2D eigenvalue weighted by Crippen LogP contribution is -2.29. The minimum Gasteiger partial charge on any atom is -0.456 e. The van der Waals surface area contributed by atoms with Crippen molar-refractivity contribution in [2.45, 2.75) is 31.1 Å². The molecule has 0 N–H and O–H groups in total. The summed E-state index contributed by atoms with van der Waals surface area (Å²) in [4.78, 5) is 2.49. The van der Waals surface area contributed by atoms with Crippen LogP contribution in [0, 0.1) is 0 Å². The standard InChI is InChI=1S/C71H47NO/c1-70(2)60-27-13-9-24-54(60)55-35-32-47(42-65(55)70)72(46-34-38-67-59(41-46)52-22-8-6-20-50(52)56-25-12-16-30-66(56)73-67)45-33-37-63-58(40-45)51-21-7-5-19-49(51)53-23-10-14-28-61(53)71(63)62-29-15-11-26-57(62)69-64(71)36-31-44-39-43-17-3-4-18-48(43)68(44)69/h3-38,40-42H,39H2,1-2H3. The minimum atomic E-state index is -0.615. The maximum atomic E-state index is 6.85. The zero-order chi connectivity index (χ0) is 48.2. The Morgan fingerprint density at radius 1 is 0.301 bits per heavy atom. The zero-order valence-electron chi connectivity index (χ0n) is 40.6. The second-order valence-corrected chi connectivity index (χ2v) is 21.0. The Labute approximate surface area is 426 Å². The minimum absolute atomic E-state index is 0.186. The second-order valence-electron chi connectivity index (χ2n) is 21.0. The maximum Gasteiger partial charge on any atom is 0.135 e. The van der Waals surface area contributed by atoms with Crippen molar-refractivity contribution in [2.75, 3.05) is 4.90 Å². The topological polar surface area (TPSA) is 12.5 Å². The molecule has 0 bridgehead atoms. The third-order valence-electron chi connectivity index (χ3n) is 17.1. The van der Waals surface area contributed by atoms with Gasteiger partial charge in [0.25, 0.3) is 0 Å². The van der Waals surface area contributed by atoms with Crippen LogP contribution in [0.2, 0.25) is 0 Å². The van der Waals surface area contributed by atoms with Gasteiger partial charge < -0.3 is 9.64 Å². The number of fused-ring (bicyclic) bond motifs is 24. The number of rotatable bonds is 3. The summed E-state index contributed by atoms with van der Waals surface area (Å²) in [5.41, 5.74) is 30.7. The fourth-order valence-electron chi connectivity index (χ4n) is 14.0. The molecule has 11 aromatic rings. The summed E-state index contributed by atoms with van der Waals surface area (Å²) in [7, 11) is 0. The monoisotopic (exact) mass is 929 g/mol. The summed E-state index contributed by atoms with van der Waals surface area (Å²) in [5, 5.41) is 0. The smallest absolute Gasteiger partial charge is 0.135 e. The van der Waals surface area contributed by atoms with Crippen LogP contribution in [0.1, 0.15) is 58.4 Å². The number of hydrogen-bond acceptors (Lipinski definition) is 2. The molecule has 16 rings (SSSR count). The van der Waals surface area contributed by atoms with Crippen LogP contribution >= 0.6 is 0 Å². The Morgan fingerprint density at radius 3 is 1.52 bits per heavy atom. The van der Waals surface area contributed by atoms with Gasteiger partial charge in [-0.2, -0.15) is 0 Å². The van der Waals surface area contributed by atoms with E-state index in [0.717, 1.165) is 57.2 Å². The molecule has 5 aliphatic rings. The van der Waals surface area contributed by atoms with Gasteiger partial charge in [-0.1, -0.05) is 202 Å². The van der Waals surface area contributed by atoms with Crippen molar-refractivity contribution < 1.29 is 4.74 Å². The van der Waals surface area contributed by atoms with E-state index in [1.807, 2.05) is 0 Å². The zero-order valence-corrected chi connectivity index (χ0v) is 40.6. The van der Waals surface area contributed by atoms with E-state index in [1.54, 1.807) is 0 Å². The highest BCUT2D eigenvalue weighted by molar-refractivity contribution is 6.04. The van der Waals surface area contributed by atoms with E-state index in [9.17, 15) is 0 Å². The molecule has 1 atom stereocenters. The van der Waals surface area contributed by atoms with Crippen LogP contribution in [-0.4, -0.2) is 0 Å². The number of hydrogen-bond donors (Lipinski definition) is 0. The molecule has 0 radical (unpaired) electrons. The molecule has 0 saturated carbocycles. The van der Waals surface area contributed by atoms with Crippen molar-refractivity contribution in [3.8, 4) is 89.4 Å². The Bertz CT molecular complexity index is 4210. The lowest BCUT2D eigenvalue weighted by atomic mass is 9.65. The van der Waals surface area contributed by atoms with Crippen LogP contribution in [0.5, 0.6) is 11.5 Å². The Hall–Kier alpha value is -8.98. The molecule has 4 aliphatic carbocycles. The number of nitrogens with zero attached hydrogens (tertiary/aromatic N) is 1. The van der Waals surface area contributed by atoms with Crippen LogP contribution < -0.4 is 9.64 Å². The Balaban J connectivity index is 0.980. The van der Waals surface area contributed by atoms with E-state index in [2.05, 4.69) is 255 Å². The summed E-state index contributed by atoms with van der Waals surface area (Å²) >= 11 is 0. The van der Waals surface area contributed by atoms with Crippen molar-refractivity contribution in [3.05, 3.63) is 281 Å². The van der Waals surface area contributed by atoms with Gasteiger partial charge >= 0.3 is 0 Å². The second kappa shape index (κ2) is 14.8. The molecule has 0 fully saturated rings. The predicted octanol–water partition coefficient (Wildman–Crippen LogP) is 18.5. The first-order chi connectivity index (χ1) is 36.0. The highest BCUT2D eigenvalue weighted by Gasteiger charge is 2.51. The van der Waals surface area contributed by atoms with Crippen LogP contribution in [0.3, 0.4) is 0 Å². The fraction of sp³-hybridized carbons (Fsp3) is 0.0704. The SMILES string of the molecule is CC1(C)c2ccccc2-c2ccc(N(c3ccc4c(c3)-c3ccccc3-c3ccccc3O4)c3ccc4c(c3)-c3ccccc3-c3ccccc3C43c4ccccc4-c4c3ccc3c4-c4ccccc4C3)cc21. The Kier molecular flexibility index (Phi) is 8.25. The van der Waals surface area contributed by atoms with Crippen LogP contribution in [0.4, 0.5) is 17.1 Å². The summed E-state index contributed by atoms with van der Waals surface area (Å²) in [6, 6.07) is 89.0. The van der Waals surface area contributed by atoms with Crippen molar-refractivity contribution in [1.82, 2.24) is 0 Å². The molecule has 1 heterocycles. The van der Waals surface area contributed by atoms with E-state index in [-0.39, 0.29) is 5.41 Å². The highest BCUT2D eigenvalue weighted by Crippen LogP contribution is 2.65. The molecule has 2 heteroatoms. The molecule has 342 valence electrons. The summed E-state index contributed by atoms with van der Waals surface area (Å²) in [6.45, 7) is 4.75. The molecule has 0 amide bonds. The van der Waals surface area contributed by atoms with Gasteiger partial charge in [-0.05, 0) is 166 Å².